The molecule has 0 saturated heterocycles. The van der Waals surface area contributed by atoms with Gasteiger partial charge in [-0.2, -0.15) is 0 Å². The summed E-state index contributed by atoms with van der Waals surface area (Å²) in [6.07, 6.45) is 0. The summed E-state index contributed by atoms with van der Waals surface area (Å²) < 4.78 is 28.8. The zero-order chi connectivity index (χ0) is 22.8. The van der Waals surface area contributed by atoms with E-state index in [1.165, 1.54) is 10.6 Å². The van der Waals surface area contributed by atoms with Crippen molar-refractivity contribution in [3.05, 3.63) is 107 Å². The van der Waals surface area contributed by atoms with Gasteiger partial charge in [-0.3, -0.25) is 9.36 Å². The minimum Gasteiger partial charge on any atom is -0.276 e. The predicted octanol–water partition coefficient (Wildman–Crippen LogP) is 8.11. The Bertz CT molecular complexity index is 1450. The lowest BCUT2D eigenvalue weighted by atomic mass is 10.0. The molecule has 0 amide bonds. The standard InChI is InChI=1S/C25H14ClF2NO.C2H6/c26-18-9-11-23-17(12-18)14-24(20-7-3-5-15-4-1-2-6-19(15)20)29(23)25(30)16-8-10-21(27)22(28)13-16;1-2/h1-14H;1-2H3. The Hall–Kier alpha value is -3.50. The van der Waals surface area contributed by atoms with Crippen molar-refractivity contribution in [1.82, 2.24) is 4.57 Å². The molecule has 0 aliphatic rings. The molecule has 1 heterocycles. The van der Waals surface area contributed by atoms with Crippen LogP contribution in [-0.2, 0) is 0 Å². The van der Waals surface area contributed by atoms with Gasteiger partial charge in [0, 0.05) is 21.5 Å². The lowest BCUT2D eigenvalue weighted by Gasteiger charge is -2.12. The predicted molar refractivity (Wildman–Crippen MR) is 127 cm³/mol. The first-order valence-electron chi connectivity index (χ1n) is 10.3. The van der Waals surface area contributed by atoms with Gasteiger partial charge in [-0.05, 0) is 53.2 Å². The maximum atomic E-state index is 13.8. The molecule has 0 bridgehead atoms. The van der Waals surface area contributed by atoms with E-state index in [0.29, 0.717) is 16.2 Å². The minimum absolute atomic E-state index is 0.0582. The third kappa shape index (κ3) is 3.78. The minimum atomic E-state index is -1.06. The maximum absolute atomic E-state index is 13.8. The van der Waals surface area contributed by atoms with Crippen LogP contribution < -0.4 is 0 Å². The molecule has 1 aromatic heterocycles. The van der Waals surface area contributed by atoms with Crippen LogP contribution in [-0.4, -0.2) is 10.5 Å². The van der Waals surface area contributed by atoms with Crippen molar-refractivity contribution >= 4 is 39.2 Å². The molecule has 0 aliphatic heterocycles. The van der Waals surface area contributed by atoms with Crippen molar-refractivity contribution in [3.63, 3.8) is 0 Å². The van der Waals surface area contributed by atoms with E-state index in [1.807, 2.05) is 62.4 Å². The van der Waals surface area contributed by atoms with Gasteiger partial charge in [0.15, 0.2) is 11.6 Å². The number of carbonyl (C=O) groups excluding carboxylic acids is 1. The highest BCUT2D eigenvalue weighted by Gasteiger charge is 2.20. The summed E-state index contributed by atoms with van der Waals surface area (Å²) in [5, 5.41) is 3.34. The van der Waals surface area contributed by atoms with Crippen LogP contribution in [0.15, 0.2) is 84.9 Å². The SMILES string of the molecule is CC.O=C(c1ccc(F)c(F)c1)n1c(-c2cccc3ccccc23)cc2cc(Cl)ccc21. The Morgan fingerprint density at radius 3 is 2.31 bits per heavy atom. The molecule has 5 rings (SSSR count). The Morgan fingerprint density at radius 2 is 1.53 bits per heavy atom. The van der Waals surface area contributed by atoms with Crippen LogP contribution >= 0.6 is 11.6 Å². The highest BCUT2D eigenvalue weighted by Crippen LogP contribution is 2.35. The number of hydrogen-bond donors (Lipinski definition) is 0. The van der Waals surface area contributed by atoms with Crippen molar-refractivity contribution in [2.75, 3.05) is 0 Å². The lowest BCUT2D eigenvalue weighted by Crippen LogP contribution is -2.13. The number of benzene rings is 4. The second-order valence-corrected chi connectivity index (χ2v) is 7.47. The molecule has 2 nitrogen and oxygen atoms in total. The molecule has 5 aromatic rings. The Labute approximate surface area is 189 Å². The van der Waals surface area contributed by atoms with Crippen molar-refractivity contribution < 1.29 is 13.6 Å². The van der Waals surface area contributed by atoms with Crippen LogP contribution in [0.25, 0.3) is 32.9 Å². The lowest BCUT2D eigenvalue weighted by molar-refractivity contribution is 0.0966. The van der Waals surface area contributed by atoms with Crippen molar-refractivity contribution in [1.29, 1.82) is 0 Å². The summed E-state index contributed by atoms with van der Waals surface area (Å²) in [6.45, 7) is 4.00. The number of halogens is 3. The molecule has 0 saturated carbocycles. The van der Waals surface area contributed by atoms with Crippen LogP contribution in [0.1, 0.15) is 24.2 Å². The smallest absolute Gasteiger partial charge is 0.262 e. The topological polar surface area (TPSA) is 22.0 Å². The molecule has 160 valence electrons. The molecule has 0 spiro atoms. The van der Waals surface area contributed by atoms with Gasteiger partial charge in [0.05, 0.1) is 11.2 Å². The van der Waals surface area contributed by atoms with Gasteiger partial charge < -0.3 is 0 Å². The number of nitrogens with zero attached hydrogens (tertiary/aromatic N) is 1. The fraction of sp³-hybridized carbons (Fsp3) is 0.0741. The molecule has 0 radical (unpaired) electrons. The van der Waals surface area contributed by atoms with Gasteiger partial charge in [0.2, 0.25) is 0 Å². The second kappa shape index (κ2) is 8.93. The average molecular weight is 448 g/mol. The van der Waals surface area contributed by atoms with E-state index in [1.54, 1.807) is 18.2 Å². The molecule has 5 heteroatoms. The van der Waals surface area contributed by atoms with Gasteiger partial charge >= 0.3 is 0 Å². The van der Waals surface area contributed by atoms with Gasteiger partial charge in [-0.15, -0.1) is 0 Å². The summed E-state index contributed by atoms with van der Waals surface area (Å²) >= 11 is 6.17. The third-order valence-electron chi connectivity index (χ3n) is 5.20. The summed E-state index contributed by atoms with van der Waals surface area (Å²) in [4.78, 5) is 13.4. The Kier molecular flexibility index (Phi) is 6.06. The molecular weight excluding hydrogens is 428 g/mol. The van der Waals surface area contributed by atoms with Crippen LogP contribution in [0.5, 0.6) is 0 Å². The zero-order valence-electron chi connectivity index (χ0n) is 17.6. The average Bonchev–Trinajstić information content (AvgIpc) is 3.19. The summed E-state index contributed by atoms with van der Waals surface area (Å²) in [5.74, 6) is -2.51. The van der Waals surface area contributed by atoms with Crippen LogP contribution in [0.4, 0.5) is 8.78 Å². The quantitative estimate of drug-likeness (QED) is 0.268. The highest BCUT2D eigenvalue weighted by molar-refractivity contribution is 6.31. The Morgan fingerprint density at radius 1 is 0.781 bits per heavy atom. The molecular formula is C27H20ClF2NO. The second-order valence-electron chi connectivity index (χ2n) is 7.03. The van der Waals surface area contributed by atoms with Crippen molar-refractivity contribution in [2.45, 2.75) is 13.8 Å². The molecule has 0 atom stereocenters. The van der Waals surface area contributed by atoms with Gasteiger partial charge in [-0.25, -0.2) is 8.78 Å². The first-order valence-corrected chi connectivity index (χ1v) is 10.7. The monoisotopic (exact) mass is 447 g/mol. The van der Waals surface area contributed by atoms with Crippen molar-refractivity contribution in [2.24, 2.45) is 0 Å². The fourth-order valence-electron chi connectivity index (χ4n) is 3.81. The summed E-state index contributed by atoms with van der Waals surface area (Å²) in [6, 6.07) is 24.0. The fourth-order valence-corrected chi connectivity index (χ4v) is 3.99. The normalized spacial score (nSPS) is 10.8. The molecule has 0 N–H and O–H groups in total. The third-order valence-corrected chi connectivity index (χ3v) is 5.43. The van der Waals surface area contributed by atoms with Crippen molar-refractivity contribution in [3.8, 4) is 11.3 Å². The van der Waals surface area contributed by atoms with Gasteiger partial charge in [0.25, 0.3) is 5.91 Å². The molecule has 0 aliphatic carbocycles. The van der Waals surface area contributed by atoms with E-state index in [0.717, 1.165) is 33.9 Å². The number of fused-ring (bicyclic) bond motifs is 2. The molecule has 0 unspecified atom stereocenters. The van der Waals surface area contributed by atoms with E-state index >= 15 is 0 Å². The first-order chi connectivity index (χ1) is 15.5. The Balaban J connectivity index is 0.00000119. The number of rotatable bonds is 2. The molecule has 4 aromatic carbocycles. The van der Waals surface area contributed by atoms with E-state index < -0.39 is 17.5 Å². The summed E-state index contributed by atoms with van der Waals surface area (Å²) in [5.41, 5.74) is 2.20. The van der Waals surface area contributed by atoms with E-state index in [4.69, 9.17) is 11.6 Å². The zero-order valence-corrected chi connectivity index (χ0v) is 18.3. The van der Waals surface area contributed by atoms with Gasteiger partial charge in [-0.1, -0.05) is 67.9 Å². The molecule has 32 heavy (non-hydrogen) atoms. The van der Waals surface area contributed by atoms with Crippen LogP contribution in [0.2, 0.25) is 5.02 Å². The number of carbonyl (C=O) groups is 1. The number of hydrogen-bond acceptors (Lipinski definition) is 1. The maximum Gasteiger partial charge on any atom is 0.262 e. The highest BCUT2D eigenvalue weighted by atomic mass is 35.5. The van der Waals surface area contributed by atoms with E-state index in [-0.39, 0.29) is 5.56 Å². The van der Waals surface area contributed by atoms with E-state index in [2.05, 4.69) is 0 Å². The summed E-state index contributed by atoms with van der Waals surface area (Å²) in [7, 11) is 0. The number of aromatic nitrogens is 1. The largest absolute Gasteiger partial charge is 0.276 e. The molecule has 0 fully saturated rings. The van der Waals surface area contributed by atoms with Crippen LogP contribution in [0, 0.1) is 11.6 Å². The van der Waals surface area contributed by atoms with Crippen LogP contribution in [0.3, 0.4) is 0 Å². The first kappa shape index (κ1) is 21.7. The van der Waals surface area contributed by atoms with Gasteiger partial charge in [0.1, 0.15) is 0 Å². The van der Waals surface area contributed by atoms with E-state index in [9.17, 15) is 13.6 Å².